The number of furan rings is 1. The first kappa shape index (κ1) is 21.3. The molecule has 1 atom stereocenters. The average molecular weight is 462 g/mol. The molecule has 1 aromatic heterocycles. The van der Waals surface area contributed by atoms with Crippen LogP contribution in [0, 0.1) is 6.92 Å². The lowest BCUT2D eigenvalue weighted by Gasteiger charge is -2.33. The second-order valence-corrected chi connectivity index (χ2v) is 8.78. The number of para-hydroxylation sites is 2. The number of benzene rings is 2. The second kappa shape index (κ2) is 8.79. The molecule has 2 N–H and O–H groups in total. The number of aryl methyl sites for hydroxylation is 1. The van der Waals surface area contributed by atoms with E-state index in [1.54, 1.807) is 18.4 Å². The van der Waals surface area contributed by atoms with Gasteiger partial charge in [0.15, 0.2) is 5.78 Å². The molecule has 7 heteroatoms. The van der Waals surface area contributed by atoms with Crippen LogP contribution in [0.2, 0.25) is 5.02 Å². The van der Waals surface area contributed by atoms with E-state index in [-0.39, 0.29) is 18.2 Å². The summed E-state index contributed by atoms with van der Waals surface area (Å²) in [5.74, 6) is 0.490. The molecule has 2 aromatic carbocycles. The Hall–Kier alpha value is -3.51. The highest BCUT2D eigenvalue weighted by molar-refractivity contribution is 6.31. The second-order valence-electron chi connectivity index (χ2n) is 8.37. The predicted molar refractivity (Wildman–Crippen MR) is 130 cm³/mol. The molecule has 0 saturated heterocycles. The largest absolute Gasteiger partial charge is 0.467 e. The van der Waals surface area contributed by atoms with E-state index in [2.05, 4.69) is 10.6 Å². The summed E-state index contributed by atoms with van der Waals surface area (Å²) in [7, 11) is 0. The van der Waals surface area contributed by atoms with Crippen molar-refractivity contribution in [1.29, 1.82) is 0 Å². The Balaban J connectivity index is 1.56. The summed E-state index contributed by atoms with van der Waals surface area (Å²) in [5.41, 5.74) is 4.82. The van der Waals surface area contributed by atoms with Crippen molar-refractivity contribution in [2.24, 2.45) is 0 Å². The molecule has 0 bridgehead atoms. The Morgan fingerprint density at radius 2 is 2.03 bits per heavy atom. The molecule has 1 aliphatic heterocycles. The molecule has 0 spiro atoms. The first-order valence-electron chi connectivity index (χ1n) is 11.0. The minimum atomic E-state index is -0.508. The number of Topliss-reactive ketones (excluding diaryl/α,β-unsaturated/α-hetero) is 1. The number of nitrogens with one attached hydrogen (secondary N) is 2. The fourth-order valence-electron chi connectivity index (χ4n) is 4.54. The fraction of sp³-hybridized carbons (Fsp3) is 0.231. The van der Waals surface area contributed by atoms with Gasteiger partial charge in [0.1, 0.15) is 11.8 Å². The van der Waals surface area contributed by atoms with Crippen LogP contribution in [0.25, 0.3) is 0 Å². The van der Waals surface area contributed by atoms with Gasteiger partial charge in [-0.15, -0.1) is 0 Å². The number of ketones is 1. The molecule has 5 rings (SSSR count). The van der Waals surface area contributed by atoms with Crippen LogP contribution in [0.15, 0.2) is 76.5 Å². The zero-order chi connectivity index (χ0) is 22.9. The molecule has 3 aromatic rings. The number of hydrogen-bond acceptors (Lipinski definition) is 5. The maximum atomic E-state index is 13.2. The van der Waals surface area contributed by atoms with Gasteiger partial charge in [-0.1, -0.05) is 29.8 Å². The molecule has 0 fully saturated rings. The number of anilines is 3. The van der Waals surface area contributed by atoms with Crippen LogP contribution in [-0.4, -0.2) is 18.2 Å². The average Bonchev–Trinajstić information content (AvgIpc) is 3.28. The minimum Gasteiger partial charge on any atom is -0.467 e. The van der Waals surface area contributed by atoms with E-state index in [1.807, 2.05) is 54.3 Å². The van der Waals surface area contributed by atoms with Gasteiger partial charge in [0.25, 0.3) is 0 Å². The molecular weight excluding hydrogens is 438 g/mol. The summed E-state index contributed by atoms with van der Waals surface area (Å²) in [6, 6.07) is 16.4. The number of nitrogens with zero attached hydrogens (tertiary/aromatic N) is 1. The van der Waals surface area contributed by atoms with E-state index < -0.39 is 6.04 Å². The quantitative estimate of drug-likeness (QED) is 0.509. The zero-order valence-corrected chi connectivity index (χ0v) is 19.0. The Morgan fingerprint density at radius 3 is 2.82 bits per heavy atom. The van der Waals surface area contributed by atoms with Crippen molar-refractivity contribution in [2.45, 2.75) is 32.2 Å². The van der Waals surface area contributed by atoms with Gasteiger partial charge in [0.05, 0.1) is 24.2 Å². The van der Waals surface area contributed by atoms with E-state index in [4.69, 9.17) is 16.0 Å². The van der Waals surface area contributed by atoms with E-state index >= 15 is 0 Å². The molecule has 2 heterocycles. The Kier molecular flexibility index (Phi) is 5.68. The normalized spacial score (nSPS) is 17.7. The van der Waals surface area contributed by atoms with Gasteiger partial charge >= 0.3 is 0 Å². The van der Waals surface area contributed by atoms with Crippen LogP contribution in [0.5, 0.6) is 0 Å². The number of amides is 1. The lowest BCUT2D eigenvalue weighted by molar-refractivity contribution is -0.117. The molecule has 33 heavy (non-hydrogen) atoms. The number of carbonyl (C=O) groups is 2. The minimum absolute atomic E-state index is 0.0274. The SMILES string of the molecule is Cc1ccc(NC(=O)CN2c3ccccc3NC3=C(C(=O)CCC3)[C@@H]2c2ccco2)cc1Cl. The number of carbonyl (C=O) groups excluding carboxylic acids is 2. The number of hydrogen-bond donors (Lipinski definition) is 2. The fourth-order valence-corrected chi connectivity index (χ4v) is 4.72. The molecule has 0 unspecified atom stereocenters. The van der Waals surface area contributed by atoms with Gasteiger partial charge in [-0.3, -0.25) is 9.59 Å². The highest BCUT2D eigenvalue weighted by atomic mass is 35.5. The van der Waals surface area contributed by atoms with Crippen molar-refractivity contribution in [1.82, 2.24) is 0 Å². The van der Waals surface area contributed by atoms with Crippen molar-refractivity contribution in [2.75, 3.05) is 22.1 Å². The molecule has 0 saturated carbocycles. The zero-order valence-electron chi connectivity index (χ0n) is 18.2. The molecule has 6 nitrogen and oxygen atoms in total. The van der Waals surface area contributed by atoms with Gasteiger partial charge in [0.2, 0.25) is 5.91 Å². The molecule has 1 aliphatic carbocycles. The lowest BCUT2D eigenvalue weighted by atomic mass is 9.88. The van der Waals surface area contributed by atoms with E-state index in [1.165, 1.54) is 0 Å². The van der Waals surface area contributed by atoms with E-state index in [0.717, 1.165) is 35.5 Å². The van der Waals surface area contributed by atoms with Crippen LogP contribution in [-0.2, 0) is 9.59 Å². The van der Waals surface area contributed by atoms with Crippen molar-refractivity contribution >= 4 is 40.4 Å². The highest BCUT2D eigenvalue weighted by Gasteiger charge is 2.38. The van der Waals surface area contributed by atoms with Crippen molar-refractivity contribution in [3.05, 3.63) is 88.5 Å². The van der Waals surface area contributed by atoms with Crippen LogP contribution in [0.4, 0.5) is 17.1 Å². The van der Waals surface area contributed by atoms with Crippen molar-refractivity contribution in [3.63, 3.8) is 0 Å². The molecular formula is C26H24ClN3O3. The predicted octanol–water partition coefficient (Wildman–Crippen LogP) is 5.86. The van der Waals surface area contributed by atoms with Crippen LogP contribution >= 0.6 is 11.6 Å². The monoisotopic (exact) mass is 461 g/mol. The Morgan fingerprint density at radius 1 is 1.18 bits per heavy atom. The van der Waals surface area contributed by atoms with Gasteiger partial charge in [-0.05, 0) is 61.7 Å². The van der Waals surface area contributed by atoms with Crippen molar-refractivity contribution < 1.29 is 14.0 Å². The molecule has 2 aliphatic rings. The van der Waals surface area contributed by atoms with E-state index in [0.29, 0.717) is 28.5 Å². The summed E-state index contributed by atoms with van der Waals surface area (Å²) < 4.78 is 5.79. The maximum Gasteiger partial charge on any atom is 0.243 e. The third-order valence-corrected chi connectivity index (χ3v) is 6.53. The molecule has 1 amide bonds. The smallest absolute Gasteiger partial charge is 0.243 e. The third-order valence-electron chi connectivity index (χ3n) is 6.12. The van der Waals surface area contributed by atoms with E-state index in [9.17, 15) is 9.59 Å². The maximum absolute atomic E-state index is 13.2. The summed E-state index contributed by atoms with van der Waals surface area (Å²) >= 11 is 6.23. The summed E-state index contributed by atoms with van der Waals surface area (Å²) in [4.78, 5) is 28.3. The molecule has 0 radical (unpaired) electrons. The lowest BCUT2D eigenvalue weighted by Crippen LogP contribution is -2.38. The summed E-state index contributed by atoms with van der Waals surface area (Å²) in [6.07, 6.45) is 3.65. The van der Waals surface area contributed by atoms with Gasteiger partial charge in [0, 0.05) is 28.4 Å². The first-order valence-corrected chi connectivity index (χ1v) is 11.4. The standard InChI is InChI=1S/C26H24ClN3O3/c1-16-11-12-17(14-18(16)27)28-24(32)15-30-21-8-3-2-6-19(21)29-20-7-4-9-22(31)25(20)26(30)23-10-5-13-33-23/h2-3,5-6,8,10-14,26,29H,4,7,9,15H2,1H3,(H,28,32)/t26-/m0/s1. The van der Waals surface area contributed by atoms with Gasteiger partial charge in [-0.25, -0.2) is 0 Å². The van der Waals surface area contributed by atoms with Crippen LogP contribution < -0.4 is 15.5 Å². The van der Waals surface area contributed by atoms with Crippen LogP contribution in [0.3, 0.4) is 0 Å². The topological polar surface area (TPSA) is 74.6 Å². The highest BCUT2D eigenvalue weighted by Crippen LogP contribution is 2.44. The number of fused-ring (bicyclic) bond motifs is 1. The molecule has 168 valence electrons. The Labute approximate surface area is 197 Å². The van der Waals surface area contributed by atoms with Crippen molar-refractivity contribution in [3.8, 4) is 0 Å². The van der Waals surface area contributed by atoms with Gasteiger partial charge < -0.3 is 20.0 Å². The number of rotatable bonds is 4. The summed E-state index contributed by atoms with van der Waals surface area (Å²) in [6.45, 7) is 1.94. The third kappa shape index (κ3) is 4.14. The first-order chi connectivity index (χ1) is 16.0. The Bertz CT molecular complexity index is 1250. The summed E-state index contributed by atoms with van der Waals surface area (Å²) in [5, 5.41) is 7.01. The van der Waals surface area contributed by atoms with Crippen LogP contribution in [0.1, 0.15) is 36.6 Å². The number of allylic oxidation sites excluding steroid dienone is 1. The number of halogens is 1. The van der Waals surface area contributed by atoms with Gasteiger partial charge in [-0.2, -0.15) is 0 Å².